The molecule has 0 fully saturated rings. The van der Waals surface area contributed by atoms with Crippen molar-refractivity contribution in [3.05, 3.63) is 169 Å². The van der Waals surface area contributed by atoms with E-state index in [-0.39, 0.29) is 44.8 Å². The molecule has 2 aromatic heterocycles. The number of aromatic nitrogens is 2. The maximum atomic E-state index is 7.26. The maximum absolute atomic E-state index is 7.26. The first kappa shape index (κ1) is 39.0. The summed E-state index contributed by atoms with van der Waals surface area (Å²) in [5.74, 6) is 4.97. The Labute approximate surface area is 331 Å². The fraction of sp³-hybridized carbons (Fsp3) is 0.136. The van der Waals surface area contributed by atoms with Crippen molar-refractivity contribution in [2.24, 2.45) is 0 Å². The minimum Gasteiger partial charge on any atom is -0.366 e. The number of rotatable bonds is 3. The van der Waals surface area contributed by atoms with Gasteiger partial charge in [0.15, 0.2) is 0 Å². The standard InChI is InChI=1S/2C16H13Si.C12H12N2.2Au/c1-4-12-9-10-16-14(11-12)13-7-5-6-8-15(13)17(16,2)3;1-4-12-9-10-14-13-7-5-6-8-15(13)17(2,3)16(14)11-12;1-3-11(9-13-7-1)5-6-12-4-2-8-14-10-12;;/h2*5-11H,2-3H3;1-4,7-10H,5-6H2;;/q2*-1;;2*+1. The van der Waals surface area contributed by atoms with Crippen LogP contribution in [-0.2, 0) is 57.6 Å². The molecule has 0 unspecified atom stereocenters. The van der Waals surface area contributed by atoms with Crippen molar-refractivity contribution in [1.82, 2.24) is 9.97 Å². The quantitative estimate of drug-likeness (QED) is 0.107. The Morgan fingerprint density at radius 1 is 0.480 bits per heavy atom. The molecule has 6 heteroatoms. The third-order valence-corrected chi connectivity index (χ3v) is 16.7. The van der Waals surface area contributed by atoms with Gasteiger partial charge in [-0.3, -0.25) is 21.8 Å². The Bertz CT molecular complexity index is 2130. The SMILES string of the molecule is [Au+].[Au+].[C-]#Cc1ccc2c(c1)-c1ccccc1[Si]2(C)C.[C-]#Cc1ccc2c(c1)[Si](C)(C)c1ccccc1-2.c1cncc(CCc2cccnc2)c1. The third-order valence-electron chi connectivity index (χ3n) is 9.60. The molecule has 0 saturated heterocycles. The molecule has 6 aromatic rings. The Balaban J connectivity index is 0.000000166. The predicted octanol–water partition coefficient (Wildman–Crippen LogP) is 7.11. The van der Waals surface area contributed by atoms with Crippen LogP contribution in [0.15, 0.2) is 134 Å². The molecule has 0 N–H and O–H groups in total. The molecule has 0 amide bonds. The largest absolute Gasteiger partial charge is 1.00 e. The van der Waals surface area contributed by atoms with E-state index in [9.17, 15) is 0 Å². The van der Waals surface area contributed by atoms with Crippen molar-refractivity contribution in [2.45, 2.75) is 39.0 Å². The third kappa shape index (κ3) is 8.06. The Kier molecular flexibility index (Phi) is 13.2. The van der Waals surface area contributed by atoms with Crippen molar-refractivity contribution in [3.8, 4) is 34.1 Å². The summed E-state index contributed by atoms with van der Waals surface area (Å²) in [6.07, 6.45) is 24.0. The van der Waals surface area contributed by atoms with Crippen molar-refractivity contribution in [1.29, 1.82) is 0 Å². The van der Waals surface area contributed by atoms with Crippen molar-refractivity contribution in [2.75, 3.05) is 0 Å². The van der Waals surface area contributed by atoms with E-state index in [1.807, 2.05) is 36.7 Å². The molecule has 254 valence electrons. The van der Waals surface area contributed by atoms with E-state index in [0.717, 1.165) is 24.0 Å². The average molecular weight is 1040 g/mol. The number of benzene rings is 4. The molecular formula is C44H38Au2N2Si2. The number of pyridine rings is 2. The summed E-state index contributed by atoms with van der Waals surface area (Å²) in [5.41, 5.74) is 9.72. The van der Waals surface area contributed by atoms with Gasteiger partial charge in [0.25, 0.3) is 0 Å². The van der Waals surface area contributed by atoms with Crippen molar-refractivity contribution < 1.29 is 44.8 Å². The van der Waals surface area contributed by atoms with E-state index in [2.05, 4.69) is 133 Å². The van der Waals surface area contributed by atoms with Gasteiger partial charge in [0, 0.05) is 24.8 Å². The summed E-state index contributed by atoms with van der Waals surface area (Å²) in [7, 11) is -3.06. The van der Waals surface area contributed by atoms with Gasteiger partial charge >= 0.3 is 44.8 Å². The Morgan fingerprint density at radius 2 is 0.920 bits per heavy atom. The number of hydrogen-bond acceptors (Lipinski definition) is 2. The van der Waals surface area contributed by atoms with Crippen LogP contribution < -0.4 is 20.7 Å². The van der Waals surface area contributed by atoms with E-state index in [4.69, 9.17) is 12.8 Å². The van der Waals surface area contributed by atoms with E-state index >= 15 is 0 Å². The van der Waals surface area contributed by atoms with E-state index < -0.39 is 16.1 Å². The topological polar surface area (TPSA) is 25.8 Å². The van der Waals surface area contributed by atoms with Gasteiger partial charge in [0.05, 0.1) is 0 Å². The predicted molar refractivity (Wildman–Crippen MR) is 206 cm³/mol. The molecule has 8 rings (SSSR count). The van der Waals surface area contributed by atoms with Crippen LogP contribution in [0.25, 0.3) is 22.3 Å². The fourth-order valence-electron chi connectivity index (χ4n) is 6.96. The molecule has 0 saturated carbocycles. The smallest absolute Gasteiger partial charge is 0.366 e. The second-order valence-electron chi connectivity index (χ2n) is 13.3. The van der Waals surface area contributed by atoms with Crippen LogP contribution in [0.5, 0.6) is 0 Å². The maximum Gasteiger partial charge on any atom is 1.00 e. The molecule has 0 spiro atoms. The van der Waals surface area contributed by atoms with Gasteiger partial charge in [-0.25, -0.2) is 0 Å². The van der Waals surface area contributed by atoms with Crippen LogP contribution in [-0.4, -0.2) is 26.1 Å². The van der Waals surface area contributed by atoms with E-state index in [1.54, 1.807) is 12.4 Å². The van der Waals surface area contributed by atoms with E-state index in [0.29, 0.717) is 0 Å². The number of fused-ring (bicyclic) bond motifs is 6. The summed E-state index contributed by atoms with van der Waals surface area (Å²) < 4.78 is 0. The molecular weight excluding hydrogens is 1010 g/mol. The van der Waals surface area contributed by atoms with Gasteiger partial charge in [-0.1, -0.05) is 104 Å². The van der Waals surface area contributed by atoms with Crippen LogP contribution >= 0.6 is 0 Å². The van der Waals surface area contributed by atoms with Crippen LogP contribution in [0.3, 0.4) is 0 Å². The normalized spacial score (nSPS) is 12.9. The van der Waals surface area contributed by atoms with Gasteiger partial charge < -0.3 is 12.8 Å². The molecule has 0 aliphatic carbocycles. The van der Waals surface area contributed by atoms with Crippen LogP contribution in [0.2, 0.25) is 26.2 Å². The summed E-state index contributed by atoms with van der Waals surface area (Å²) in [6, 6.07) is 38.1. The first-order valence-corrected chi connectivity index (χ1v) is 22.4. The molecule has 4 heterocycles. The zero-order valence-electron chi connectivity index (χ0n) is 28.6. The van der Waals surface area contributed by atoms with Gasteiger partial charge in [0.2, 0.25) is 0 Å². The van der Waals surface area contributed by atoms with E-state index in [1.165, 1.54) is 54.1 Å². The fourth-order valence-corrected chi connectivity index (χ4v) is 13.1. The van der Waals surface area contributed by atoms with Crippen molar-refractivity contribution >= 4 is 36.9 Å². The van der Waals surface area contributed by atoms with Gasteiger partial charge in [0.1, 0.15) is 16.1 Å². The van der Waals surface area contributed by atoms with Crippen LogP contribution in [0, 0.1) is 24.7 Å². The Hall–Kier alpha value is -3.79. The van der Waals surface area contributed by atoms with Crippen LogP contribution in [0.4, 0.5) is 0 Å². The Morgan fingerprint density at radius 3 is 1.44 bits per heavy atom. The zero-order chi connectivity index (χ0) is 33.7. The molecule has 50 heavy (non-hydrogen) atoms. The number of hydrogen-bond donors (Lipinski definition) is 0. The molecule has 0 atom stereocenters. The number of nitrogens with zero attached hydrogens (tertiary/aromatic N) is 2. The van der Waals surface area contributed by atoms with Crippen LogP contribution in [0.1, 0.15) is 22.3 Å². The summed E-state index contributed by atoms with van der Waals surface area (Å²) >= 11 is 0. The van der Waals surface area contributed by atoms with Crippen molar-refractivity contribution in [3.63, 3.8) is 0 Å². The molecule has 4 aromatic carbocycles. The van der Waals surface area contributed by atoms with Gasteiger partial charge in [-0.05, 0) is 73.9 Å². The zero-order valence-corrected chi connectivity index (χ0v) is 34.9. The second kappa shape index (κ2) is 16.9. The van der Waals surface area contributed by atoms with Gasteiger partial charge in [-0.2, -0.15) is 0 Å². The minimum absolute atomic E-state index is 0. The molecule has 0 bridgehead atoms. The van der Waals surface area contributed by atoms with Gasteiger partial charge in [-0.15, -0.1) is 35.4 Å². The first-order valence-electron chi connectivity index (χ1n) is 16.4. The molecule has 2 aliphatic rings. The molecule has 0 radical (unpaired) electrons. The summed E-state index contributed by atoms with van der Waals surface area (Å²) in [4.78, 5) is 8.16. The number of aryl methyl sites for hydroxylation is 2. The molecule has 2 aliphatic heterocycles. The minimum atomic E-state index is -1.55. The summed E-state index contributed by atoms with van der Waals surface area (Å²) in [6.45, 7) is 9.55. The molecule has 2 nitrogen and oxygen atoms in total. The average Bonchev–Trinajstić information content (AvgIpc) is 3.51. The monoisotopic (exact) mass is 1040 g/mol. The second-order valence-corrected chi connectivity index (χ2v) is 22.0. The summed E-state index contributed by atoms with van der Waals surface area (Å²) in [5, 5.41) is 5.95. The first-order chi connectivity index (χ1) is 23.2.